The first-order valence-electron chi connectivity index (χ1n) is 7.57. The van der Waals surface area contributed by atoms with Gasteiger partial charge in [0.25, 0.3) is 0 Å². The van der Waals surface area contributed by atoms with Crippen molar-refractivity contribution in [2.45, 2.75) is 13.0 Å². The molecular formula is C19H19NO3. The first kappa shape index (κ1) is 15.2. The first-order chi connectivity index (χ1) is 11.2. The molecule has 0 unspecified atom stereocenters. The lowest BCUT2D eigenvalue weighted by molar-refractivity contribution is -0.126. The van der Waals surface area contributed by atoms with E-state index in [0.29, 0.717) is 13.1 Å². The molecule has 1 N–H and O–H groups in total. The minimum atomic E-state index is -0.0261. The molecule has 0 atom stereocenters. The van der Waals surface area contributed by atoms with Crippen LogP contribution in [0.25, 0.3) is 6.08 Å². The highest BCUT2D eigenvalue weighted by atomic mass is 16.5. The van der Waals surface area contributed by atoms with Crippen LogP contribution >= 0.6 is 0 Å². The fourth-order valence-corrected chi connectivity index (χ4v) is 2.75. The van der Waals surface area contributed by atoms with Crippen molar-refractivity contribution in [2.75, 3.05) is 13.7 Å². The van der Waals surface area contributed by atoms with Crippen LogP contribution < -0.4 is 4.74 Å². The lowest BCUT2D eigenvalue weighted by Gasteiger charge is -2.28. The van der Waals surface area contributed by atoms with Crippen molar-refractivity contribution in [3.63, 3.8) is 0 Å². The van der Waals surface area contributed by atoms with Gasteiger partial charge in [-0.25, -0.2) is 0 Å². The van der Waals surface area contributed by atoms with Gasteiger partial charge in [0.1, 0.15) is 11.5 Å². The summed E-state index contributed by atoms with van der Waals surface area (Å²) >= 11 is 0. The molecule has 1 aliphatic heterocycles. The maximum absolute atomic E-state index is 12.4. The van der Waals surface area contributed by atoms with E-state index in [4.69, 9.17) is 4.74 Å². The maximum atomic E-state index is 12.4. The number of methoxy groups -OCH3 is 1. The van der Waals surface area contributed by atoms with Crippen molar-refractivity contribution in [2.24, 2.45) is 0 Å². The second kappa shape index (κ2) is 6.57. The Morgan fingerprint density at radius 2 is 2.09 bits per heavy atom. The number of benzene rings is 2. The Labute approximate surface area is 135 Å². The third kappa shape index (κ3) is 3.54. The molecule has 2 aromatic rings. The number of amides is 1. The number of rotatable bonds is 3. The number of hydrogen-bond donors (Lipinski definition) is 1. The molecule has 0 aromatic heterocycles. The minimum Gasteiger partial charge on any atom is -0.508 e. The van der Waals surface area contributed by atoms with Crippen molar-refractivity contribution in [3.8, 4) is 11.5 Å². The number of nitrogens with zero attached hydrogens (tertiary/aromatic N) is 1. The van der Waals surface area contributed by atoms with Gasteiger partial charge in [-0.05, 0) is 53.5 Å². The maximum Gasteiger partial charge on any atom is 0.246 e. The van der Waals surface area contributed by atoms with Crippen LogP contribution in [0, 0.1) is 0 Å². The first-order valence-corrected chi connectivity index (χ1v) is 7.57. The van der Waals surface area contributed by atoms with Crippen molar-refractivity contribution in [1.29, 1.82) is 0 Å². The van der Waals surface area contributed by atoms with Gasteiger partial charge in [0.05, 0.1) is 7.11 Å². The van der Waals surface area contributed by atoms with Crippen molar-refractivity contribution >= 4 is 12.0 Å². The molecule has 1 heterocycles. The van der Waals surface area contributed by atoms with Crippen LogP contribution in [-0.2, 0) is 17.8 Å². The van der Waals surface area contributed by atoms with Crippen LogP contribution in [0.2, 0.25) is 0 Å². The molecular weight excluding hydrogens is 290 g/mol. The summed E-state index contributed by atoms with van der Waals surface area (Å²) in [4.78, 5) is 14.2. The average Bonchev–Trinajstić information content (AvgIpc) is 2.58. The molecule has 0 saturated carbocycles. The van der Waals surface area contributed by atoms with Crippen LogP contribution in [0.5, 0.6) is 11.5 Å². The monoisotopic (exact) mass is 309 g/mol. The topological polar surface area (TPSA) is 49.8 Å². The highest BCUT2D eigenvalue weighted by molar-refractivity contribution is 5.92. The number of hydrogen-bond acceptors (Lipinski definition) is 3. The van der Waals surface area contributed by atoms with Crippen LogP contribution in [0.3, 0.4) is 0 Å². The fraction of sp³-hybridized carbons (Fsp3) is 0.211. The van der Waals surface area contributed by atoms with Crippen LogP contribution in [0.4, 0.5) is 0 Å². The molecule has 1 aliphatic rings. The zero-order chi connectivity index (χ0) is 16.2. The van der Waals surface area contributed by atoms with Crippen LogP contribution in [0.15, 0.2) is 48.5 Å². The van der Waals surface area contributed by atoms with E-state index in [-0.39, 0.29) is 11.7 Å². The van der Waals surface area contributed by atoms with Gasteiger partial charge < -0.3 is 14.7 Å². The Kier molecular flexibility index (Phi) is 4.33. The molecule has 118 valence electrons. The normalized spacial score (nSPS) is 13.9. The Balaban J connectivity index is 1.71. The SMILES string of the molecule is COc1ccc2c(c1)CN(C(=O)/C=C/c1cccc(O)c1)CC2. The Bertz CT molecular complexity index is 752. The van der Waals surface area contributed by atoms with E-state index in [9.17, 15) is 9.90 Å². The molecule has 0 fully saturated rings. The zero-order valence-electron chi connectivity index (χ0n) is 13.0. The summed E-state index contributed by atoms with van der Waals surface area (Å²) in [6.07, 6.45) is 4.13. The van der Waals surface area contributed by atoms with Gasteiger partial charge in [-0.1, -0.05) is 18.2 Å². The summed E-state index contributed by atoms with van der Waals surface area (Å²) in [5.74, 6) is 0.980. The van der Waals surface area contributed by atoms with E-state index in [2.05, 4.69) is 6.07 Å². The molecule has 2 aromatic carbocycles. The summed E-state index contributed by atoms with van der Waals surface area (Å²) < 4.78 is 5.25. The predicted molar refractivity (Wildman–Crippen MR) is 89.3 cm³/mol. The van der Waals surface area contributed by atoms with Gasteiger partial charge in [0.15, 0.2) is 0 Å². The van der Waals surface area contributed by atoms with Gasteiger partial charge in [-0.3, -0.25) is 4.79 Å². The minimum absolute atomic E-state index is 0.0261. The predicted octanol–water partition coefficient (Wildman–Crippen LogP) is 3.00. The number of carbonyl (C=O) groups is 1. The van der Waals surface area contributed by atoms with Gasteiger partial charge in [-0.15, -0.1) is 0 Å². The molecule has 23 heavy (non-hydrogen) atoms. The lowest BCUT2D eigenvalue weighted by atomic mass is 9.99. The third-order valence-electron chi connectivity index (χ3n) is 4.03. The second-order valence-corrected chi connectivity index (χ2v) is 5.57. The van der Waals surface area contributed by atoms with E-state index < -0.39 is 0 Å². The number of aromatic hydroxyl groups is 1. The summed E-state index contributed by atoms with van der Waals surface area (Å²) in [6, 6.07) is 12.8. The van der Waals surface area contributed by atoms with Crippen LogP contribution in [-0.4, -0.2) is 29.6 Å². The number of phenolic OH excluding ortho intramolecular Hbond substituents is 1. The molecule has 0 bridgehead atoms. The quantitative estimate of drug-likeness (QED) is 0.887. The Morgan fingerprint density at radius 1 is 1.22 bits per heavy atom. The standard InChI is InChI=1S/C19H19NO3/c1-23-18-7-6-15-9-10-20(13-16(15)12-18)19(22)8-5-14-3-2-4-17(21)11-14/h2-8,11-12,21H,9-10,13H2,1H3/b8-5+. The van der Waals surface area contributed by atoms with Crippen LogP contribution in [0.1, 0.15) is 16.7 Å². The molecule has 4 heteroatoms. The Morgan fingerprint density at radius 3 is 2.87 bits per heavy atom. The molecule has 0 aliphatic carbocycles. The summed E-state index contributed by atoms with van der Waals surface area (Å²) in [5, 5.41) is 9.44. The molecule has 0 radical (unpaired) electrons. The highest BCUT2D eigenvalue weighted by Gasteiger charge is 2.19. The van der Waals surface area contributed by atoms with Gasteiger partial charge in [0.2, 0.25) is 5.91 Å². The zero-order valence-corrected chi connectivity index (χ0v) is 13.0. The van der Waals surface area contributed by atoms with Gasteiger partial charge >= 0.3 is 0 Å². The molecule has 0 saturated heterocycles. The van der Waals surface area contributed by atoms with Crippen molar-refractivity contribution in [3.05, 3.63) is 65.2 Å². The Hall–Kier alpha value is -2.75. The molecule has 4 nitrogen and oxygen atoms in total. The van der Waals surface area contributed by atoms with E-state index in [0.717, 1.165) is 23.3 Å². The summed E-state index contributed by atoms with van der Waals surface area (Å²) in [7, 11) is 1.64. The lowest BCUT2D eigenvalue weighted by Crippen LogP contribution is -2.34. The fourth-order valence-electron chi connectivity index (χ4n) is 2.75. The summed E-state index contributed by atoms with van der Waals surface area (Å²) in [6.45, 7) is 1.30. The van der Waals surface area contributed by atoms with E-state index in [1.807, 2.05) is 23.1 Å². The number of carbonyl (C=O) groups excluding carboxylic acids is 1. The van der Waals surface area contributed by atoms with E-state index in [1.54, 1.807) is 37.5 Å². The smallest absolute Gasteiger partial charge is 0.246 e. The van der Waals surface area contributed by atoms with Gasteiger partial charge in [-0.2, -0.15) is 0 Å². The van der Waals surface area contributed by atoms with Gasteiger partial charge in [0, 0.05) is 19.2 Å². The number of fused-ring (bicyclic) bond motifs is 1. The largest absolute Gasteiger partial charge is 0.508 e. The summed E-state index contributed by atoms with van der Waals surface area (Å²) in [5.41, 5.74) is 3.21. The van der Waals surface area contributed by atoms with Crippen molar-refractivity contribution in [1.82, 2.24) is 4.90 Å². The van der Waals surface area contributed by atoms with E-state index in [1.165, 1.54) is 5.56 Å². The number of phenols is 1. The third-order valence-corrected chi connectivity index (χ3v) is 4.03. The number of ether oxygens (including phenoxy) is 1. The highest BCUT2D eigenvalue weighted by Crippen LogP contribution is 2.24. The molecule has 3 rings (SSSR count). The second-order valence-electron chi connectivity index (χ2n) is 5.57. The van der Waals surface area contributed by atoms with Crippen molar-refractivity contribution < 1.29 is 14.6 Å². The molecule has 0 spiro atoms. The molecule has 1 amide bonds. The average molecular weight is 309 g/mol. The van der Waals surface area contributed by atoms with E-state index >= 15 is 0 Å².